The number of nitrogens with zero attached hydrogens (tertiary/aromatic N) is 1. The number of pyridine rings is 1. The third-order valence-electron chi connectivity index (χ3n) is 3.01. The molecule has 0 bridgehead atoms. The molecule has 0 aliphatic heterocycles. The second-order valence-electron chi connectivity index (χ2n) is 4.56. The van der Waals surface area contributed by atoms with Crippen molar-refractivity contribution >= 4 is 5.91 Å². The van der Waals surface area contributed by atoms with Gasteiger partial charge in [0.2, 0.25) is 5.91 Å². The van der Waals surface area contributed by atoms with Crippen molar-refractivity contribution in [3.05, 3.63) is 32.7 Å². The van der Waals surface area contributed by atoms with Crippen LogP contribution in [0.15, 0.2) is 4.79 Å². The highest BCUT2D eigenvalue weighted by molar-refractivity contribution is 5.76. The number of nitrogens with one attached hydrogen (secondary N) is 2. The van der Waals surface area contributed by atoms with Gasteiger partial charge < -0.3 is 10.3 Å². The zero-order valence-electron chi connectivity index (χ0n) is 11.5. The van der Waals surface area contributed by atoms with Crippen LogP contribution in [0.4, 0.5) is 13.2 Å². The van der Waals surface area contributed by atoms with Gasteiger partial charge >= 0.3 is 6.18 Å². The number of rotatable bonds is 4. The molecule has 0 radical (unpaired) electrons. The Balaban J connectivity index is 2.79. The van der Waals surface area contributed by atoms with Crippen molar-refractivity contribution in [1.29, 1.82) is 5.26 Å². The first-order chi connectivity index (χ1) is 9.65. The van der Waals surface area contributed by atoms with Crippen molar-refractivity contribution in [2.75, 3.05) is 6.54 Å². The van der Waals surface area contributed by atoms with E-state index in [4.69, 9.17) is 5.26 Å². The van der Waals surface area contributed by atoms with E-state index >= 15 is 0 Å². The maximum absolute atomic E-state index is 12.0. The standard InChI is InChI=1S/C13H14F3N3O2/c1-7-9(8(2)19-12(21)10(7)5-17)3-4-11(20)18-6-13(14,15)16/h3-4,6H2,1-2H3,(H,18,20)(H,19,21). The van der Waals surface area contributed by atoms with Crippen molar-refractivity contribution in [2.24, 2.45) is 0 Å². The molecule has 2 N–H and O–H groups in total. The number of hydrogen-bond donors (Lipinski definition) is 2. The molecule has 21 heavy (non-hydrogen) atoms. The molecule has 114 valence electrons. The first-order valence-corrected chi connectivity index (χ1v) is 6.11. The summed E-state index contributed by atoms with van der Waals surface area (Å²) in [6.07, 6.45) is -4.46. The third kappa shape index (κ3) is 4.63. The number of alkyl halides is 3. The number of hydrogen-bond acceptors (Lipinski definition) is 3. The molecular weight excluding hydrogens is 287 g/mol. The van der Waals surface area contributed by atoms with E-state index in [1.807, 2.05) is 0 Å². The van der Waals surface area contributed by atoms with E-state index in [2.05, 4.69) is 4.98 Å². The first-order valence-electron chi connectivity index (χ1n) is 6.11. The van der Waals surface area contributed by atoms with Crippen molar-refractivity contribution in [3.8, 4) is 6.07 Å². The largest absolute Gasteiger partial charge is 0.405 e. The predicted octanol–water partition coefficient (Wildman–Crippen LogP) is 1.47. The normalized spacial score (nSPS) is 11.0. The molecule has 0 spiro atoms. The second kappa shape index (κ2) is 6.43. The lowest BCUT2D eigenvalue weighted by Crippen LogP contribution is -2.33. The number of aromatic amines is 1. The third-order valence-corrected chi connectivity index (χ3v) is 3.01. The fourth-order valence-electron chi connectivity index (χ4n) is 1.95. The highest BCUT2D eigenvalue weighted by Crippen LogP contribution is 2.15. The van der Waals surface area contributed by atoms with Gasteiger partial charge in [0, 0.05) is 12.1 Å². The molecule has 5 nitrogen and oxygen atoms in total. The van der Waals surface area contributed by atoms with Crippen LogP contribution in [0.1, 0.15) is 28.8 Å². The lowest BCUT2D eigenvalue weighted by Gasteiger charge is -2.11. The fraction of sp³-hybridized carbons (Fsp3) is 0.462. The number of halogens is 3. The fourth-order valence-corrected chi connectivity index (χ4v) is 1.95. The van der Waals surface area contributed by atoms with Gasteiger partial charge in [0.05, 0.1) is 0 Å². The number of carbonyl (C=O) groups excluding carboxylic acids is 1. The molecule has 0 atom stereocenters. The van der Waals surface area contributed by atoms with Gasteiger partial charge in [-0.25, -0.2) is 0 Å². The van der Waals surface area contributed by atoms with E-state index in [0.717, 1.165) is 0 Å². The Labute approximate surface area is 118 Å². The van der Waals surface area contributed by atoms with Crippen molar-refractivity contribution in [2.45, 2.75) is 32.9 Å². The molecule has 0 saturated carbocycles. The molecule has 0 unspecified atom stereocenters. The van der Waals surface area contributed by atoms with Crippen LogP contribution in [0, 0.1) is 25.2 Å². The number of carbonyl (C=O) groups is 1. The van der Waals surface area contributed by atoms with Crippen LogP contribution in [-0.4, -0.2) is 23.6 Å². The van der Waals surface area contributed by atoms with Crippen LogP contribution < -0.4 is 10.9 Å². The Kier molecular flexibility index (Phi) is 5.13. The van der Waals surface area contributed by atoms with Gasteiger partial charge in [-0.2, -0.15) is 18.4 Å². The molecule has 1 rings (SSSR count). The Morgan fingerprint density at radius 2 is 2.00 bits per heavy atom. The minimum Gasteiger partial charge on any atom is -0.347 e. The zero-order chi connectivity index (χ0) is 16.2. The summed E-state index contributed by atoms with van der Waals surface area (Å²) in [7, 11) is 0. The molecule has 1 aromatic heterocycles. The predicted molar refractivity (Wildman–Crippen MR) is 68.6 cm³/mol. The summed E-state index contributed by atoms with van der Waals surface area (Å²) in [6, 6.07) is 1.77. The molecule has 0 saturated heterocycles. The van der Waals surface area contributed by atoms with E-state index in [0.29, 0.717) is 16.8 Å². The summed E-state index contributed by atoms with van der Waals surface area (Å²) in [5.41, 5.74) is 0.972. The summed E-state index contributed by atoms with van der Waals surface area (Å²) < 4.78 is 35.9. The molecule has 1 heterocycles. The van der Waals surface area contributed by atoms with Gasteiger partial charge in [0.15, 0.2) is 0 Å². The molecular formula is C13H14F3N3O2. The van der Waals surface area contributed by atoms with Crippen LogP contribution in [0.25, 0.3) is 0 Å². The van der Waals surface area contributed by atoms with Gasteiger partial charge in [0.25, 0.3) is 5.56 Å². The Morgan fingerprint density at radius 1 is 1.38 bits per heavy atom. The van der Waals surface area contributed by atoms with Crippen LogP contribution in [0.5, 0.6) is 0 Å². The van der Waals surface area contributed by atoms with E-state index in [1.54, 1.807) is 25.2 Å². The lowest BCUT2D eigenvalue weighted by molar-refractivity contribution is -0.138. The van der Waals surface area contributed by atoms with Crippen LogP contribution in [0.3, 0.4) is 0 Å². The molecule has 8 heteroatoms. The molecule has 0 fully saturated rings. The smallest absolute Gasteiger partial charge is 0.347 e. The Hall–Kier alpha value is -2.30. The minimum atomic E-state index is -4.45. The lowest BCUT2D eigenvalue weighted by atomic mass is 9.99. The van der Waals surface area contributed by atoms with E-state index in [-0.39, 0.29) is 18.4 Å². The quantitative estimate of drug-likeness (QED) is 0.883. The average molecular weight is 301 g/mol. The number of amides is 1. The van der Waals surface area contributed by atoms with Crippen molar-refractivity contribution in [1.82, 2.24) is 10.3 Å². The highest BCUT2D eigenvalue weighted by Gasteiger charge is 2.27. The van der Waals surface area contributed by atoms with Gasteiger partial charge in [0.1, 0.15) is 18.2 Å². The van der Waals surface area contributed by atoms with E-state index in [1.165, 1.54) is 0 Å². The summed E-state index contributed by atoms with van der Waals surface area (Å²) in [5.74, 6) is -0.740. The van der Waals surface area contributed by atoms with Crippen molar-refractivity contribution < 1.29 is 18.0 Å². The summed E-state index contributed by atoms with van der Waals surface area (Å²) in [5, 5.41) is 10.7. The minimum absolute atomic E-state index is 0.0497. The van der Waals surface area contributed by atoms with E-state index in [9.17, 15) is 22.8 Å². The monoisotopic (exact) mass is 301 g/mol. The van der Waals surface area contributed by atoms with Crippen molar-refractivity contribution in [3.63, 3.8) is 0 Å². The number of aromatic nitrogens is 1. The number of aryl methyl sites for hydroxylation is 1. The number of H-pyrrole nitrogens is 1. The van der Waals surface area contributed by atoms with Crippen LogP contribution >= 0.6 is 0 Å². The van der Waals surface area contributed by atoms with Gasteiger partial charge in [-0.3, -0.25) is 9.59 Å². The van der Waals surface area contributed by atoms with Crippen LogP contribution in [0.2, 0.25) is 0 Å². The second-order valence-corrected chi connectivity index (χ2v) is 4.56. The van der Waals surface area contributed by atoms with Gasteiger partial charge in [-0.05, 0) is 31.4 Å². The maximum atomic E-state index is 12.0. The molecule has 0 aliphatic rings. The van der Waals surface area contributed by atoms with Gasteiger partial charge in [-0.1, -0.05) is 0 Å². The highest BCUT2D eigenvalue weighted by atomic mass is 19.4. The Bertz CT molecular complexity index is 642. The summed E-state index contributed by atoms with van der Waals surface area (Å²) in [6.45, 7) is 1.81. The molecule has 1 aromatic rings. The van der Waals surface area contributed by atoms with Crippen LogP contribution in [-0.2, 0) is 11.2 Å². The average Bonchev–Trinajstić information content (AvgIpc) is 2.35. The van der Waals surface area contributed by atoms with Gasteiger partial charge in [-0.15, -0.1) is 0 Å². The Morgan fingerprint density at radius 3 is 2.52 bits per heavy atom. The first kappa shape index (κ1) is 16.8. The SMILES string of the molecule is Cc1[nH]c(=O)c(C#N)c(C)c1CCC(=O)NCC(F)(F)F. The van der Waals surface area contributed by atoms with E-state index < -0.39 is 24.2 Å². The zero-order valence-corrected chi connectivity index (χ0v) is 11.5. The topological polar surface area (TPSA) is 85.8 Å². The molecule has 0 aliphatic carbocycles. The number of nitriles is 1. The summed E-state index contributed by atoms with van der Waals surface area (Å²) >= 11 is 0. The molecule has 1 amide bonds. The molecule has 0 aromatic carbocycles. The summed E-state index contributed by atoms with van der Waals surface area (Å²) in [4.78, 5) is 25.4. The maximum Gasteiger partial charge on any atom is 0.405 e.